The minimum absolute atomic E-state index is 0.0592. The Morgan fingerprint density at radius 3 is 2.90 bits per heavy atom. The Labute approximate surface area is 127 Å². The Hall–Kier alpha value is -1.20. The van der Waals surface area contributed by atoms with Crippen LogP contribution in [0.2, 0.25) is 0 Å². The van der Waals surface area contributed by atoms with Gasteiger partial charge in [-0.1, -0.05) is 25.1 Å². The van der Waals surface area contributed by atoms with E-state index < -0.39 is 0 Å². The van der Waals surface area contributed by atoms with Gasteiger partial charge in [0.2, 0.25) is 0 Å². The third-order valence-corrected chi connectivity index (χ3v) is 5.48. The van der Waals surface area contributed by atoms with Crippen LogP contribution in [0.4, 0.5) is 5.69 Å². The van der Waals surface area contributed by atoms with Crippen molar-refractivity contribution in [3.8, 4) is 0 Å². The normalized spacial score (nSPS) is 12.6. The molecule has 2 rings (SSSR count). The van der Waals surface area contributed by atoms with Gasteiger partial charge in [-0.15, -0.1) is 11.3 Å². The summed E-state index contributed by atoms with van der Waals surface area (Å²) >= 11 is 3.27. The van der Waals surface area contributed by atoms with Crippen molar-refractivity contribution in [2.24, 2.45) is 5.92 Å². The zero-order chi connectivity index (χ0) is 14.7. The highest BCUT2D eigenvalue weighted by Crippen LogP contribution is 2.35. The van der Waals surface area contributed by atoms with Crippen LogP contribution < -0.4 is 11.1 Å². The van der Waals surface area contributed by atoms with Crippen LogP contribution in [0, 0.1) is 12.8 Å². The van der Waals surface area contributed by atoms with Gasteiger partial charge in [0.15, 0.2) is 0 Å². The molecule has 20 heavy (non-hydrogen) atoms. The van der Waals surface area contributed by atoms with Crippen LogP contribution in [0.3, 0.4) is 0 Å². The maximum atomic E-state index is 12.3. The number of nitrogen functional groups attached to an aromatic ring is 1. The Kier molecular flexibility index (Phi) is 4.94. The molecule has 3 N–H and O–H groups in total. The lowest BCUT2D eigenvalue weighted by molar-refractivity contribution is 0.0954. The molecular weight excluding hydrogens is 288 g/mol. The molecule has 0 saturated heterocycles. The SMILES string of the molecule is CSCC(C)CNC(=O)c1sc2c(C)cccc2c1N. The van der Waals surface area contributed by atoms with Gasteiger partial charge >= 0.3 is 0 Å². The average molecular weight is 308 g/mol. The first-order chi connectivity index (χ1) is 9.54. The number of fused-ring (bicyclic) bond motifs is 1. The number of aryl methyl sites for hydroxylation is 1. The van der Waals surface area contributed by atoms with Gasteiger partial charge in [-0.2, -0.15) is 11.8 Å². The van der Waals surface area contributed by atoms with Gasteiger partial charge in [0.05, 0.1) is 5.69 Å². The molecule has 0 fully saturated rings. The molecular formula is C15H20N2OS2. The third-order valence-electron chi connectivity index (χ3n) is 3.22. The lowest BCUT2D eigenvalue weighted by Crippen LogP contribution is -2.28. The number of nitrogens with two attached hydrogens (primary N) is 1. The lowest BCUT2D eigenvalue weighted by atomic mass is 10.1. The fourth-order valence-corrected chi connectivity index (χ4v) is 3.93. The molecule has 0 saturated carbocycles. The summed E-state index contributed by atoms with van der Waals surface area (Å²) in [6.45, 7) is 4.86. The van der Waals surface area contributed by atoms with Crippen LogP contribution in [0.25, 0.3) is 10.1 Å². The summed E-state index contributed by atoms with van der Waals surface area (Å²) in [6.07, 6.45) is 2.07. The Bertz CT molecular complexity index is 622. The molecule has 1 atom stereocenters. The average Bonchev–Trinajstić information content (AvgIpc) is 2.76. The van der Waals surface area contributed by atoms with E-state index in [4.69, 9.17) is 5.73 Å². The van der Waals surface area contributed by atoms with Gasteiger partial charge in [-0.25, -0.2) is 0 Å². The monoisotopic (exact) mass is 308 g/mol. The molecule has 1 unspecified atom stereocenters. The lowest BCUT2D eigenvalue weighted by Gasteiger charge is -2.10. The second kappa shape index (κ2) is 6.50. The fraction of sp³-hybridized carbons (Fsp3) is 0.400. The molecule has 1 aromatic carbocycles. The summed E-state index contributed by atoms with van der Waals surface area (Å²) < 4.78 is 1.10. The van der Waals surface area contributed by atoms with Crippen molar-refractivity contribution in [2.45, 2.75) is 13.8 Å². The zero-order valence-corrected chi connectivity index (χ0v) is 13.7. The number of benzene rings is 1. The first-order valence-electron chi connectivity index (χ1n) is 6.59. The molecule has 0 bridgehead atoms. The Morgan fingerprint density at radius 1 is 1.50 bits per heavy atom. The maximum Gasteiger partial charge on any atom is 0.263 e. The largest absolute Gasteiger partial charge is 0.397 e. The number of carbonyl (C=O) groups excluding carboxylic acids is 1. The van der Waals surface area contributed by atoms with Gasteiger partial charge in [-0.3, -0.25) is 4.79 Å². The van der Waals surface area contributed by atoms with Gasteiger partial charge in [0.25, 0.3) is 5.91 Å². The predicted molar refractivity (Wildman–Crippen MR) is 90.9 cm³/mol. The summed E-state index contributed by atoms with van der Waals surface area (Å²) in [5, 5.41) is 3.97. The van der Waals surface area contributed by atoms with Gasteiger partial charge in [0.1, 0.15) is 4.88 Å². The van der Waals surface area contributed by atoms with Crippen molar-refractivity contribution in [3.05, 3.63) is 28.6 Å². The number of anilines is 1. The summed E-state index contributed by atoms with van der Waals surface area (Å²) in [7, 11) is 0. The molecule has 3 nitrogen and oxygen atoms in total. The molecule has 1 heterocycles. The second-order valence-electron chi connectivity index (χ2n) is 5.07. The van der Waals surface area contributed by atoms with Crippen molar-refractivity contribution >= 4 is 44.8 Å². The number of thioether (sulfide) groups is 1. The molecule has 0 aliphatic carbocycles. The molecule has 1 aromatic heterocycles. The quantitative estimate of drug-likeness (QED) is 0.888. The topological polar surface area (TPSA) is 55.1 Å². The van der Waals surface area contributed by atoms with Crippen LogP contribution in [0.5, 0.6) is 0 Å². The smallest absolute Gasteiger partial charge is 0.263 e. The fourth-order valence-electron chi connectivity index (χ4n) is 2.14. The van der Waals surface area contributed by atoms with E-state index in [0.717, 1.165) is 21.4 Å². The van der Waals surface area contributed by atoms with Crippen LogP contribution in [-0.4, -0.2) is 24.5 Å². The van der Waals surface area contributed by atoms with Crippen molar-refractivity contribution in [1.82, 2.24) is 5.32 Å². The van der Waals surface area contributed by atoms with Crippen LogP contribution in [0.15, 0.2) is 18.2 Å². The van der Waals surface area contributed by atoms with E-state index >= 15 is 0 Å². The number of carbonyl (C=O) groups is 1. The van der Waals surface area contributed by atoms with E-state index in [9.17, 15) is 4.79 Å². The molecule has 0 spiro atoms. The Morgan fingerprint density at radius 2 is 2.25 bits per heavy atom. The van der Waals surface area contributed by atoms with E-state index in [1.165, 1.54) is 11.3 Å². The van der Waals surface area contributed by atoms with Crippen LogP contribution in [0.1, 0.15) is 22.2 Å². The van der Waals surface area contributed by atoms with E-state index in [1.54, 1.807) is 11.8 Å². The summed E-state index contributed by atoms with van der Waals surface area (Å²) in [6, 6.07) is 5.99. The zero-order valence-electron chi connectivity index (χ0n) is 12.0. The van der Waals surface area contributed by atoms with E-state index in [-0.39, 0.29) is 5.91 Å². The summed E-state index contributed by atoms with van der Waals surface area (Å²) in [5.41, 5.74) is 7.88. The van der Waals surface area contributed by atoms with Crippen molar-refractivity contribution in [1.29, 1.82) is 0 Å². The number of hydrogen-bond acceptors (Lipinski definition) is 4. The molecule has 5 heteroatoms. The summed E-state index contributed by atoms with van der Waals surface area (Å²) in [4.78, 5) is 12.9. The van der Waals surface area contributed by atoms with E-state index in [0.29, 0.717) is 23.0 Å². The highest BCUT2D eigenvalue weighted by molar-refractivity contribution is 7.98. The number of hydrogen-bond donors (Lipinski definition) is 2. The van der Waals surface area contributed by atoms with Crippen LogP contribution in [-0.2, 0) is 0 Å². The number of thiophene rings is 1. The molecule has 108 valence electrons. The maximum absolute atomic E-state index is 12.3. The number of nitrogens with one attached hydrogen (secondary N) is 1. The number of rotatable bonds is 5. The standard InChI is InChI=1S/C15H20N2OS2/c1-9(8-19-3)7-17-15(18)14-12(16)11-6-4-5-10(2)13(11)20-14/h4-6,9H,7-8,16H2,1-3H3,(H,17,18). The first kappa shape index (κ1) is 15.2. The second-order valence-corrected chi connectivity index (χ2v) is 7.00. The van der Waals surface area contributed by atoms with E-state index in [2.05, 4.69) is 18.5 Å². The molecule has 0 aliphatic heterocycles. The van der Waals surface area contributed by atoms with Crippen molar-refractivity contribution < 1.29 is 4.79 Å². The van der Waals surface area contributed by atoms with Gasteiger partial charge < -0.3 is 11.1 Å². The Balaban J connectivity index is 2.18. The van der Waals surface area contributed by atoms with Crippen LogP contribution >= 0.6 is 23.1 Å². The molecule has 2 aromatic rings. The van der Waals surface area contributed by atoms with Gasteiger partial charge in [-0.05, 0) is 30.4 Å². The minimum atomic E-state index is -0.0592. The number of amides is 1. The van der Waals surface area contributed by atoms with Gasteiger partial charge in [0, 0.05) is 16.6 Å². The predicted octanol–water partition coefficient (Wildman–Crippen LogP) is 3.52. The van der Waals surface area contributed by atoms with Crippen molar-refractivity contribution in [2.75, 3.05) is 24.3 Å². The highest BCUT2D eigenvalue weighted by Gasteiger charge is 2.17. The molecule has 0 radical (unpaired) electrons. The highest BCUT2D eigenvalue weighted by atomic mass is 32.2. The third kappa shape index (κ3) is 3.10. The summed E-state index contributed by atoms with van der Waals surface area (Å²) in [5.74, 6) is 1.45. The minimum Gasteiger partial charge on any atom is -0.397 e. The van der Waals surface area contributed by atoms with Crippen molar-refractivity contribution in [3.63, 3.8) is 0 Å². The van der Waals surface area contributed by atoms with E-state index in [1.807, 2.05) is 25.1 Å². The molecule has 1 amide bonds. The molecule has 0 aliphatic rings. The first-order valence-corrected chi connectivity index (χ1v) is 8.80.